The summed E-state index contributed by atoms with van der Waals surface area (Å²) in [4.78, 5) is 12.0. The van der Waals surface area contributed by atoms with Gasteiger partial charge in [-0.2, -0.15) is 0 Å². The Labute approximate surface area is 97.8 Å². The van der Waals surface area contributed by atoms with Crippen molar-refractivity contribution < 1.29 is 4.42 Å². The van der Waals surface area contributed by atoms with Crippen LogP contribution in [0.5, 0.6) is 0 Å². The molecule has 0 saturated carbocycles. The maximum atomic E-state index is 12.0. The van der Waals surface area contributed by atoms with Gasteiger partial charge in [0.25, 0.3) is 0 Å². The average molecular weight is 238 g/mol. The lowest BCUT2D eigenvalue weighted by molar-refractivity contribution is 0.592. The summed E-state index contributed by atoms with van der Waals surface area (Å²) >= 11 is 5.98. The Hall–Kier alpha value is -1.32. The van der Waals surface area contributed by atoms with Crippen LogP contribution in [0.15, 0.2) is 27.6 Å². The minimum Gasteiger partial charge on any atom is -0.464 e. The minimum absolute atomic E-state index is 0.0476. The number of hydrogen-bond donors (Lipinski definition) is 1. The van der Waals surface area contributed by atoms with Crippen LogP contribution in [0.4, 0.5) is 0 Å². The standard InChI is InChI=1S/C12H12ClNO2/c1-7-4-11-9(5-10(7)13)12(15)8(2-3-14)6-16-11/h4-6H,2-3,14H2,1H3. The van der Waals surface area contributed by atoms with Gasteiger partial charge in [-0.25, -0.2) is 0 Å². The molecule has 1 heterocycles. The number of nitrogens with two attached hydrogens (primary N) is 1. The first-order valence-electron chi connectivity index (χ1n) is 5.04. The molecule has 84 valence electrons. The lowest BCUT2D eigenvalue weighted by atomic mass is 10.1. The van der Waals surface area contributed by atoms with E-state index in [1.165, 1.54) is 6.26 Å². The van der Waals surface area contributed by atoms with E-state index in [1.54, 1.807) is 12.1 Å². The summed E-state index contributed by atoms with van der Waals surface area (Å²) in [5, 5.41) is 1.09. The average Bonchev–Trinajstić information content (AvgIpc) is 2.26. The first-order valence-corrected chi connectivity index (χ1v) is 5.42. The second-order valence-electron chi connectivity index (χ2n) is 3.73. The summed E-state index contributed by atoms with van der Waals surface area (Å²) in [7, 11) is 0. The van der Waals surface area contributed by atoms with Crippen LogP contribution in [0.2, 0.25) is 5.02 Å². The van der Waals surface area contributed by atoms with Crippen molar-refractivity contribution in [1.82, 2.24) is 0 Å². The molecule has 0 aliphatic carbocycles. The van der Waals surface area contributed by atoms with E-state index < -0.39 is 0 Å². The summed E-state index contributed by atoms with van der Waals surface area (Å²) in [6.45, 7) is 2.30. The van der Waals surface area contributed by atoms with Crippen molar-refractivity contribution in [2.24, 2.45) is 5.73 Å². The molecule has 0 bridgehead atoms. The first kappa shape index (κ1) is 11.2. The number of rotatable bonds is 2. The maximum absolute atomic E-state index is 12.0. The van der Waals surface area contributed by atoms with E-state index in [0.29, 0.717) is 34.5 Å². The molecule has 4 heteroatoms. The van der Waals surface area contributed by atoms with Crippen LogP contribution in [-0.4, -0.2) is 6.54 Å². The fraction of sp³-hybridized carbons (Fsp3) is 0.250. The predicted octanol–water partition coefficient (Wildman–Crippen LogP) is 2.26. The summed E-state index contributed by atoms with van der Waals surface area (Å²) < 4.78 is 5.40. The van der Waals surface area contributed by atoms with E-state index in [4.69, 9.17) is 21.8 Å². The van der Waals surface area contributed by atoms with Crippen molar-refractivity contribution in [1.29, 1.82) is 0 Å². The van der Waals surface area contributed by atoms with E-state index in [2.05, 4.69) is 0 Å². The SMILES string of the molecule is Cc1cc2occ(CCN)c(=O)c2cc1Cl. The second-order valence-corrected chi connectivity index (χ2v) is 4.13. The van der Waals surface area contributed by atoms with Gasteiger partial charge in [0.05, 0.1) is 11.6 Å². The molecule has 16 heavy (non-hydrogen) atoms. The zero-order valence-corrected chi connectivity index (χ0v) is 9.67. The highest BCUT2D eigenvalue weighted by atomic mass is 35.5. The summed E-state index contributed by atoms with van der Waals surface area (Å²) in [5.74, 6) is 0. The summed E-state index contributed by atoms with van der Waals surface area (Å²) in [6, 6.07) is 3.42. The second kappa shape index (κ2) is 4.28. The smallest absolute Gasteiger partial charge is 0.195 e. The third-order valence-electron chi connectivity index (χ3n) is 2.54. The van der Waals surface area contributed by atoms with Crippen LogP contribution in [0.1, 0.15) is 11.1 Å². The van der Waals surface area contributed by atoms with Crippen LogP contribution in [0, 0.1) is 6.92 Å². The van der Waals surface area contributed by atoms with Gasteiger partial charge in [-0.1, -0.05) is 11.6 Å². The van der Waals surface area contributed by atoms with Crippen LogP contribution < -0.4 is 11.2 Å². The molecule has 0 aliphatic rings. The molecule has 0 fully saturated rings. The Kier molecular flexibility index (Phi) is 2.99. The van der Waals surface area contributed by atoms with Gasteiger partial charge < -0.3 is 10.2 Å². The molecular formula is C12H12ClNO2. The molecule has 1 aromatic heterocycles. The number of fused-ring (bicyclic) bond motifs is 1. The largest absolute Gasteiger partial charge is 0.464 e. The molecule has 2 rings (SSSR count). The highest BCUT2D eigenvalue weighted by Crippen LogP contribution is 2.21. The van der Waals surface area contributed by atoms with E-state index in [1.807, 2.05) is 6.92 Å². The maximum Gasteiger partial charge on any atom is 0.195 e. The zero-order valence-electron chi connectivity index (χ0n) is 8.92. The van der Waals surface area contributed by atoms with Crippen LogP contribution in [0.25, 0.3) is 11.0 Å². The van der Waals surface area contributed by atoms with Gasteiger partial charge in [0.2, 0.25) is 0 Å². The molecule has 0 amide bonds. The van der Waals surface area contributed by atoms with E-state index in [9.17, 15) is 4.79 Å². The zero-order chi connectivity index (χ0) is 11.7. The molecule has 0 atom stereocenters. The molecule has 3 nitrogen and oxygen atoms in total. The monoisotopic (exact) mass is 237 g/mol. The molecule has 0 radical (unpaired) electrons. The van der Waals surface area contributed by atoms with Gasteiger partial charge >= 0.3 is 0 Å². The molecule has 0 aliphatic heterocycles. The van der Waals surface area contributed by atoms with Crippen molar-refractivity contribution in [3.8, 4) is 0 Å². The highest BCUT2D eigenvalue weighted by molar-refractivity contribution is 6.32. The normalized spacial score (nSPS) is 10.9. The predicted molar refractivity (Wildman–Crippen MR) is 65.0 cm³/mol. The van der Waals surface area contributed by atoms with Crippen molar-refractivity contribution >= 4 is 22.6 Å². The molecule has 2 N–H and O–H groups in total. The van der Waals surface area contributed by atoms with Crippen LogP contribution >= 0.6 is 11.6 Å². The van der Waals surface area contributed by atoms with Crippen molar-refractivity contribution in [2.45, 2.75) is 13.3 Å². The van der Waals surface area contributed by atoms with Crippen LogP contribution in [0.3, 0.4) is 0 Å². The van der Waals surface area contributed by atoms with Gasteiger partial charge in [0.1, 0.15) is 5.58 Å². The number of halogens is 1. The van der Waals surface area contributed by atoms with Crippen molar-refractivity contribution in [2.75, 3.05) is 6.54 Å². The molecule has 0 saturated heterocycles. The van der Waals surface area contributed by atoms with E-state index >= 15 is 0 Å². The number of benzene rings is 1. The quantitative estimate of drug-likeness (QED) is 0.872. The van der Waals surface area contributed by atoms with Crippen LogP contribution in [-0.2, 0) is 6.42 Å². The van der Waals surface area contributed by atoms with E-state index in [-0.39, 0.29) is 5.43 Å². The Morgan fingerprint density at radius 1 is 1.44 bits per heavy atom. The van der Waals surface area contributed by atoms with Gasteiger partial charge in [-0.3, -0.25) is 4.79 Å². The third-order valence-corrected chi connectivity index (χ3v) is 2.95. The van der Waals surface area contributed by atoms with Gasteiger partial charge in [0.15, 0.2) is 5.43 Å². The number of aryl methyl sites for hydroxylation is 1. The van der Waals surface area contributed by atoms with Gasteiger partial charge in [0, 0.05) is 10.6 Å². The highest BCUT2D eigenvalue weighted by Gasteiger charge is 2.08. The molecule has 0 spiro atoms. The van der Waals surface area contributed by atoms with Gasteiger partial charge in [-0.15, -0.1) is 0 Å². The first-order chi connectivity index (χ1) is 7.63. The topological polar surface area (TPSA) is 56.2 Å². The molecule has 1 aromatic carbocycles. The Morgan fingerprint density at radius 3 is 2.88 bits per heavy atom. The Morgan fingerprint density at radius 2 is 2.19 bits per heavy atom. The molecule has 0 unspecified atom stereocenters. The van der Waals surface area contributed by atoms with Crippen molar-refractivity contribution in [3.05, 3.63) is 44.8 Å². The third kappa shape index (κ3) is 1.84. The molecule has 2 aromatic rings. The Bertz CT molecular complexity index is 589. The Balaban J connectivity index is 2.74. The summed E-state index contributed by atoms with van der Waals surface area (Å²) in [5.41, 5.74) is 7.42. The summed E-state index contributed by atoms with van der Waals surface area (Å²) in [6.07, 6.45) is 1.99. The molecular weight excluding hydrogens is 226 g/mol. The van der Waals surface area contributed by atoms with E-state index in [0.717, 1.165) is 5.56 Å². The fourth-order valence-corrected chi connectivity index (χ4v) is 1.78. The fourth-order valence-electron chi connectivity index (χ4n) is 1.62. The van der Waals surface area contributed by atoms with Gasteiger partial charge in [-0.05, 0) is 37.6 Å². The van der Waals surface area contributed by atoms with Crippen molar-refractivity contribution in [3.63, 3.8) is 0 Å². The lowest BCUT2D eigenvalue weighted by Crippen LogP contribution is -2.13. The minimum atomic E-state index is -0.0476. The lowest BCUT2D eigenvalue weighted by Gasteiger charge is -2.03. The number of hydrogen-bond acceptors (Lipinski definition) is 3.